The Hall–Kier alpha value is -3.35. The van der Waals surface area contributed by atoms with E-state index in [1.54, 1.807) is 25.3 Å². The van der Waals surface area contributed by atoms with Gasteiger partial charge in [0.25, 0.3) is 0 Å². The van der Waals surface area contributed by atoms with Gasteiger partial charge in [0.2, 0.25) is 0 Å². The van der Waals surface area contributed by atoms with E-state index in [1.807, 2.05) is 30.3 Å². The lowest BCUT2D eigenvalue weighted by atomic mass is 10.2. The summed E-state index contributed by atoms with van der Waals surface area (Å²) in [5, 5.41) is 6.30. The molecule has 2 rings (SSSR count). The lowest BCUT2D eigenvalue weighted by Crippen LogP contribution is -2.37. The Labute approximate surface area is 145 Å². The maximum Gasteiger partial charge on any atom is 0.329 e. The monoisotopic (exact) mass is 341 g/mol. The number of nitrogens with zero attached hydrogens (tertiary/aromatic N) is 1. The van der Waals surface area contributed by atoms with Crippen LogP contribution in [0.25, 0.3) is 0 Å². The maximum absolute atomic E-state index is 11.7. The van der Waals surface area contributed by atoms with Crippen molar-refractivity contribution in [2.75, 3.05) is 14.2 Å². The number of benzene rings is 2. The van der Waals surface area contributed by atoms with Gasteiger partial charge in [0.15, 0.2) is 0 Å². The number of ether oxygens (including phenoxy) is 2. The molecule has 7 heteroatoms. The van der Waals surface area contributed by atoms with E-state index in [0.29, 0.717) is 17.1 Å². The third-order valence-electron chi connectivity index (χ3n) is 3.31. The first-order valence-corrected chi connectivity index (χ1v) is 7.51. The Morgan fingerprint density at radius 3 is 2.48 bits per heavy atom. The summed E-state index contributed by atoms with van der Waals surface area (Å²) >= 11 is 0. The van der Waals surface area contributed by atoms with Crippen molar-refractivity contribution in [3.8, 4) is 11.5 Å². The Kier molecular flexibility index (Phi) is 6.53. The van der Waals surface area contributed by atoms with Crippen LogP contribution in [-0.4, -0.2) is 32.2 Å². The highest BCUT2D eigenvalue weighted by molar-refractivity contribution is 6.35. The number of nitrogens with one attached hydrogen (secondary N) is 2. The van der Waals surface area contributed by atoms with Crippen LogP contribution in [-0.2, 0) is 16.1 Å². The molecule has 7 nitrogen and oxygen atoms in total. The molecule has 0 heterocycles. The molecular formula is C18H19N3O4. The van der Waals surface area contributed by atoms with E-state index < -0.39 is 11.8 Å². The van der Waals surface area contributed by atoms with Crippen LogP contribution in [0, 0.1) is 0 Å². The Balaban J connectivity index is 1.90. The third kappa shape index (κ3) is 5.35. The Bertz CT molecular complexity index is 760. The molecule has 2 aromatic carbocycles. The van der Waals surface area contributed by atoms with Crippen LogP contribution in [0.3, 0.4) is 0 Å². The number of rotatable bonds is 6. The van der Waals surface area contributed by atoms with Crippen molar-refractivity contribution in [2.24, 2.45) is 5.10 Å². The standard InChI is InChI=1S/C18H19N3O4/c1-24-15-8-9-16(25-2)14(10-15)12-20-21-18(23)17(22)19-11-13-6-4-3-5-7-13/h3-10,12H,11H2,1-2H3,(H,19,22)(H,21,23). The molecule has 0 bridgehead atoms. The predicted molar refractivity (Wildman–Crippen MR) is 93.6 cm³/mol. The molecule has 2 aromatic rings. The fourth-order valence-electron chi connectivity index (χ4n) is 2.01. The van der Waals surface area contributed by atoms with Crippen LogP contribution in [0.4, 0.5) is 0 Å². The summed E-state index contributed by atoms with van der Waals surface area (Å²) in [6.07, 6.45) is 1.38. The summed E-state index contributed by atoms with van der Waals surface area (Å²) in [5.74, 6) is -0.436. The van der Waals surface area contributed by atoms with Crippen molar-refractivity contribution < 1.29 is 19.1 Å². The smallest absolute Gasteiger partial charge is 0.329 e. The van der Waals surface area contributed by atoms with Gasteiger partial charge in [0, 0.05) is 12.1 Å². The second kappa shape index (κ2) is 9.07. The highest BCUT2D eigenvalue weighted by Crippen LogP contribution is 2.22. The molecule has 0 saturated heterocycles. The molecule has 0 aliphatic rings. The number of carbonyl (C=O) groups is 2. The zero-order valence-corrected chi connectivity index (χ0v) is 14.0. The van der Waals surface area contributed by atoms with E-state index in [-0.39, 0.29) is 6.54 Å². The Morgan fingerprint density at radius 1 is 1.04 bits per heavy atom. The molecule has 25 heavy (non-hydrogen) atoms. The van der Waals surface area contributed by atoms with Gasteiger partial charge in [-0.1, -0.05) is 30.3 Å². The average molecular weight is 341 g/mol. The SMILES string of the molecule is COc1ccc(OC)c(C=NNC(=O)C(=O)NCc2ccccc2)c1. The van der Waals surface area contributed by atoms with Crippen molar-refractivity contribution in [1.29, 1.82) is 0 Å². The molecule has 0 aliphatic heterocycles. The summed E-state index contributed by atoms with van der Waals surface area (Å²) in [5.41, 5.74) is 3.68. The van der Waals surface area contributed by atoms with Crippen LogP contribution < -0.4 is 20.2 Å². The second-order valence-electron chi connectivity index (χ2n) is 4.98. The highest BCUT2D eigenvalue weighted by Gasteiger charge is 2.12. The van der Waals surface area contributed by atoms with Gasteiger partial charge in [-0.2, -0.15) is 5.10 Å². The first kappa shape index (κ1) is 18.0. The third-order valence-corrected chi connectivity index (χ3v) is 3.31. The molecule has 130 valence electrons. The molecular weight excluding hydrogens is 322 g/mol. The summed E-state index contributed by atoms with van der Waals surface area (Å²) < 4.78 is 10.3. The van der Waals surface area contributed by atoms with Crippen molar-refractivity contribution in [2.45, 2.75) is 6.54 Å². The summed E-state index contributed by atoms with van der Waals surface area (Å²) in [6, 6.07) is 14.4. The van der Waals surface area contributed by atoms with Crippen LogP contribution in [0.1, 0.15) is 11.1 Å². The topological polar surface area (TPSA) is 89.0 Å². The van der Waals surface area contributed by atoms with Gasteiger partial charge in [-0.3, -0.25) is 9.59 Å². The molecule has 0 aromatic heterocycles. The zero-order valence-electron chi connectivity index (χ0n) is 14.0. The van der Waals surface area contributed by atoms with E-state index >= 15 is 0 Å². The number of amides is 2. The van der Waals surface area contributed by atoms with Gasteiger partial charge in [-0.15, -0.1) is 0 Å². The van der Waals surface area contributed by atoms with Crippen molar-refractivity contribution in [1.82, 2.24) is 10.7 Å². The highest BCUT2D eigenvalue weighted by atomic mass is 16.5. The largest absolute Gasteiger partial charge is 0.497 e. The molecule has 0 spiro atoms. The zero-order chi connectivity index (χ0) is 18.1. The minimum Gasteiger partial charge on any atom is -0.497 e. The fraction of sp³-hybridized carbons (Fsp3) is 0.167. The molecule has 2 amide bonds. The first-order valence-electron chi connectivity index (χ1n) is 7.51. The summed E-state index contributed by atoms with van der Waals surface area (Å²) in [6.45, 7) is 0.264. The number of hydrazone groups is 1. The van der Waals surface area contributed by atoms with E-state index in [9.17, 15) is 9.59 Å². The number of hydrogen-bond donors (Lipinski definition) is 2. The van der Waals surface area contributed by atoms with Gasteiger partial charge in [0.1, 0.15) is 11.5 Å². The molecule has 0 aliphatic carbocycles. The first-order chi connectivity index (χ1) is 12.1. The van der Waals surface area contributed by atoms with Gasteiger partial charge < -0.3 is 14.8 Å². The summed E-state index contributed by atoms with van der Waals surface area (Å²) in [7, 11) is 3.07. The number of methoxy groups -OCH3 is 2. The van der Waals surface area contributed by atoms with Crippen LogP contribution in [0.15, 0.2) is 53.6 Å². The normalized spacial score (nSPS) is 10.3. The summed E-state index contributed by atoms with van der Waals surface area (Å²) in [4.78, 5) is 23.5. The predicted octanol–water partition coefficient (Wildman–Crippen LogP) is 1.47. The van der Waals surface area contributed by atoms with E-state index in [4.69, 9.17) is 9.47 Å². The maximum atomic E-state index is 11.7. The van der Waals surface area contributed by atoms with E-state index in [0.717, 1.165) is 5.56 Å². The van der Waals surface area contributed by atoms with E-state index in [1.165, 1.54) is 13.3 Å². The van der Waals surface area contributed by atoms with Crippen molar-refractivity contribution in [3.05, 3.63) is 59.7 Å². The van der Waals surface area contributed by atoms with Gasteiger partial charge in [-0.25, -0.2) is 5.43 Å². The van der Waals surface area contributed by atoms with Gasteiger partial charge in [0.05, 0.1) is 20.4 Å². The minimum atomic E-state index is -0.853. The van der Waals surface area contributed by atoms with Crippen LogP contribution in [0.2, 0.25) is 0 Å². The quantitative estimate of drug-likeness (QED) is 0.473. The van der Waals surface area contributed by atoms with Crippen LogP contribution in [0.5, 0.6) is 11.5 Å². The van der Waals surface area contributed by atoms with Crippen molar-refractivity contribution >= 4 is 18.0 Å². The minimum absolute atomic E-state index is 0.264. The fourth-order valence-corrected chi connectivity index (χ4v) is 2.01. The van der Waals surface area contributed by atoms with Gasteiger partial charge >= 0.3 is 11.8 Å². The molecule has 0 fully saturated rings. The lowest BCUT2D eigenvalue weighted by Gasteiger charge is -2.07. The second-order valence-corrected chi connectivity index (χ2v) is 4.98. The molecule has 0 radical (unpaired) electrons. The Morgan fingerprint density at radius 2 is 1.80 bits per heavy atom. The number of carbonyl (C=O) groups excluding carboxylic acids is 2. The van der Waals surface area contributed by atoms with Crippen molar-refractivity contribution in [3.63, 3.8) is 0 Å². The average Bonchev–Trinajstić information content (AvgIpc) is 2.66. The lowest BCUT2D eigenvalue weighted by molar-refractivity contribution is -0.139. The van der Waals surface area contributed by atoms with Crippen LogP contribution >= 0.6 is 0 Å². The number of hydrogen-bond acceptors (Lipinski definition) is 5. The van der Waals surface area contributed by atoms with E-state index in [2.05, 4.69) is 15.8 Å². The molecule has 0 unspecified atom stereocenters. The van der Waals surface area contributed by atoms with Gasteiger partial charge in [-0.05, 0) is 23.8 Å². The molecule has 2 N–H and O–H groups in total. The molecule has 0 atom stereocenters. The molecule has 0 saturated carbocycles.